The molecule has 2 atom stereocenters. The van der Waals surface area contributed by atoms with Gasteiger partial charge in [0.15, 0.2) is 0 Å². The molecule has 0 radical (unpaired) electrons. The number of nitrogens with two attached hydrogens (primary N) is 1. The van der Waals surface area contributed by atoms with Gasteiger partial charge in [-0.05, 0) is 45.6 Å². The SMILES string of the molecule is CCN(CC1CCC1)C(C)CC(C)(N)CO. The van der Waals surface area contributed by atoms with Crippen LogP contribution in [0.5, 0.6) is 0 Å². The van der Waals surface area contributed by atoms with Crippen molar-refractivity contribution in [3.63, 3.8) is 0 Å². The first-order chi connectivity index (χ1) is 7.48. The number of hydrogen-bond donors (Lipinski definition) is 2. The van der Waals surface area contributed by atoms with E-state index in [0.717, 1.165) is 18.9 Å². The first-order valence-electron chi connectivity index (χ1n) is 6.62. The Morgan fingerprint density at radius 2 is 2.12 bits per heavy atom. The highest BCUT2D eigenvalue weighted by atomic mass is 16.3. The van der Waals surface area contributed by atoms with Crippen LogP contribution in [0.25, 0.3) is 0 Å². The molecular formula is C13H28N2O. The van der Waals surface area contributed by atoms with Gasteiger partial charge in [0.05, 0.1) is 6.61 Å². The Kier molecular flexibility index (Phi) is 5.22. The monoisotopic (exact) mass is 228 g/mol. The molecule has 1 aliphatic carbocycles. The molecule has 1 rings (SSSR count). The zero-order valence-electron chi connectivity index (χ0n) is 11.1. The van der Waals surface area contributed by atoms with E-state index in [-0.39, 0.29) is 6.61 Å². The fourth-order valence-electron chi connectivity index (χ4n) is 2.50. The lowest BCUT2D eigenvalue weighted by Gasteiger charge is -2.38. The van der Waals surface area contributed by atoms with E-state index in [1.54, 1.807) is 0 Å². The topological polar surface area (TPSA) is 49.5 Å². The minimum absolute atomic E-state index is 0.0678. The number of nitrogens with zero attached hydrogens (tertiary/aromatic N) is 1. The van der Waals surface area contributed by atoms with Crippen LogP contribution in [0.3, 0.4) is 0 Å². The van der Waals surface area contributed by atoms with Crippen molar-refractivity contribution in [3.8, 4) is 0 Å². The van der Waals surface area contributed by atoms with Gasteiger partial charge < -0.3 is 15.7 Å². The second-order valence-electron chi connectivity index (χ2n) is 5.75. The van der Waals surface area contributed by atoms with E-state index < -0.39 is 5.54 Å². The predicted molar refractivity (Wildman–Crippen MR) is 68.3 cm³/mol. The lowest BCUT2D eigenvalue weighted by atomic mass is 9.84. The van der Waals surface area contributed by atoms with Crippen molar-refractivity contribution in [2.24, 2.45) is 11.7 Å². The molecule has 3 N–H and O–H groups in total. The third kappa shape index (κ3) is 4.04. The summed E-state index contributed by atoms with van der Waals surface area (Å²) < 4.78 is 0. The van der Waals surface area contributed by atoms with Gasteiger partial charge in [0.25, 0.3) is 0 Å². The molecular weight excluding hydrogens is 200 g/mol. The van der Waals surface area contributed by atoms with Crippen LogP contribution in [0, 0.1) is 5.92 Å². The van der Waals surface area contributed by atoms with Crippen molar-refractivity contribution >= 4 is 0 Å². The van der Waals surface area contributed by atoms with Gasteiger partial charge in [-0.15, -0.1) is 0 Å². The lowest BCUT2D eigenvalue weighted by molar-refractivity contribution is 0.109. The quantitative estimate of drug-likeness (QED) is 0.696. The number of rotatable bonds is 7. The molecule has 0 aliphatic heterocycles. The van der Waals surface area contributed by atoms with Crippen LogP contribution in [0.1, 0.15) is 46.5 Å². The van der Waals surface area contributed by atoms with Gasteiger partial charge in [0.1, 0.15) is 0 Å². The maximum absolute atomic E-state index is 9.19. The molecule has 0 aromatic rings. The second kappa shape index (κ2) is 5.99. The fraction of sp³-hybridized carbons (Fsp3) is 1.00. The molecule has 3 nitrogen and oxygen atoms in total. The first-order valence-corrected chi connectivity index (χ1v) is 6.62. The van der Waals surface area contributed by atoms with Crippen LogP contribution in [-0.2, 0) is 0 Å². The third-order valence-electron chi connectivity index (χ3n) is 3.87. The molecule has 0 amide bonds. The standard InChI is InChI=1S/C13H28N2O/c1-4-15(9-12-6-5-7-12)11(2)8-13(3,14)10-16/h11-12,16H,4-10,14H2,1-3H3. The highest BCUT2D eigenvalue weighted by molar-refractivity contribution is 4.85. The van der Waals surface area contributed by atoms with E-state index >= 15 is 0 Å². The van der Waals surface area contributed by atoms with E-state index in [1.165, 1.54) is 25.8 Å². The van der Waals surface area contributed by atoms with Crippen LogP contribution in [0.15, 0.2) is 0 Å². The van der Waals surface area contributed by atoms with Crippen LogP contribution in [0.4, 0.5) is 0 Å². The van der Waals surface area contributed by atoms with Crippen molar-refractivity contribution < 1.29 is 5.11 Å². The van der Waals surface area contributed by atoms with Crippen molar-refractivity contribution in [2.75, 3.05) is 19.7 Å². The molecule has 0 spiro atoms. The van der Waals surface area contributed by atoms with E-state index in [4.69, 9.17) is 5.73 Å². The maximum atomic E-state index is 9.19. The Morgan fingerprint density at radius 1 is 1.50 bits per heavy atom. The van der Waals surface area contributed by atoms with Crippen LogP contribution in [0.2, 0.25) is 0 Å². The van der Waals surface area contributed by atoms with Crippen LogP contribution in [-0.4, -0.2) is 41.3 Å². The van der Waals surface area contributed by atoms with Gasteiger partial charge in [0, 0.05) is 18.1 Å². The largest absolute Gasteiger partial charge is 0.394 e. The predicted octanol–water partition coefficient (Wildman–Crippen LogP) is 1.60. The van der Waals surface area contributed by atoms with Crippen molar-refractivity contribution in [3.05, 3.63) is 0 Å². The van der Waals surface area contributed by atoms with Crippen LogP contribution < -0.4 is 5.73 Å². The summed E-state index contributed by atoms with van der Waals surface area (Å²) in [6.07, 6.45) is 5.05. The molecule has 0 bridgehead atoms. The van der Waals surface area contributed by atoms with Gasteiger partial charge in [-0.2, -0.15) is 0 Å². The highest BCUT2D eigenvalue weighted by Crippen LogP contribution is 2.28. The Labute approximate surface area is 100 Å². The molecule has 0 heterocycles. The average molecular weight is 228 g/mol. The summed E-state index contributed by atoms with van der Waals surface area (Å²) in [7, 11) is 0. The zero-order valence-corrected chi connectivity index (χ0v) is 11.1. The lowest BCUT2D eigenvalue weighted by Crippen LogP contribution is -2.48. The summed E-state index contributed by atoms with van der Waals surface area (Å²) in [4.78, 5) is 2.50. The first kappa shape index (κ1) is 13.9. The number of aliphatic hydroxyl groups is 1. The van der Waals surface area contributed by atoms with E-state index in [2.05, 4.69) is 18.7 Å². The van der Waals surface area contributed by atoms with Gasteiger partial charge in [-0.25, -0.2) is 0 Å². The third-order valence-corrected chi connectivity index (χ3v) is 3.87. The summed E-state index contributed by atoms with van der Waals surface area (Å²) in [6, 6.07) is 0.466. The summed E-state index contributed by atoms with van der Waals surface area (Å²) in [5.41, 5.74) is 5.57. The minimum Gasteiger partial charge on any atom is -0.394 e. The van der Waals surface area contributed by atoms with Gasteiger partial charge in [-0.1, -0.05) is 13.3 Å². The molecule has 1 fully saturated rings. The van der Waals surface area contributed by atoms with Gasteiger partial charge in [-0.3, -0.25) is 0 Å². The molecule has 0 aromatic heterocycles. The second-order valence-corrected chi connectivity index (χ2v) is 5.75. The van der Waals surface area contributed by atoms with Crippen LogP contribution >= 0.6 is 0 Å². The maximum Gasteiger partial charge on any atom is 0.0609 e. The fourth-order valence-corrected chi connectivity index (χ4v) is 2.50. The van der Waals surface area contributed by atoms with Crippen molar-refractivity contribution in [1.82, 2.24) is 4.90 Å². The summed E-state index contributed by atoms with van der Waals surface area (Å²) >= 11 is 0. The molecule has 0 aromatic carbocycles. The molecule has 16 heavy (non-hydrogen) atoms. The Morgan fingerprint density at radius 3 is 2.50 bits per heavy atom. The minimum atomic E-state index is -0.438. The van der Waals surface area contributed by atoms with Crippen molar-refractivity contribution in [2.45, 2.75) is 58.0 Å². The molecule has 3 heteroatoms. The molecule has 2 unspecified atom stereocenters. The summed E-state index contributed by atoms with van der Waals surface area (Å²) in [5, 5.41) is 9.19. The number of hydrogen-bond acceptors (Lipinski definition) is 3. The van der Waals surface area contributed by atoms with Gasteiger partial charge in [0.2, 0.25) is 0 Å². The highest BCUT2D eigenvalue weighted by Gasteiger charge is 2.26. The van der Waals surface area contributed by atoms with E-state index in [0.29, 0.717) is 6.04 Å². The zero-order chi connectivity index (χ0) is 12.2. The normalized spacial score (nSPS) is 22.9. The van der Waals surface area contributed by atoms with E-state index in [9.17, 15) is 5.11 Å². The molecule has 1 aliphatic rings. The summed E-state index contributed by atoms with van der Waals surface area (Å²) in [5.74, 6) is 0.903. The molecule has 0 saturated heterocycles. The Balaban J connectivity index is 2.38. The molecule has 1 saturated carbocycles. The summed E-state index contributed by atoms with van der Waals surface area (Å²) in [6.45, 7) is 8.72. The number of aliphatic hydroxyl groups excluding tert-OH is 1. The van der Waals surface area contributed by atoms with Crippen molar-refractivity contribution in [1.29, 1.82) is 0 Å². The smallest absolute Gasteiger partial charge is 0.0609 e. The average Bonchev–Trinajstić information content (AvgIpc) is 2.15. The Bertz CT molecular complexity index is 202. The molecule has 96 valence electrons. The van der Waals surface area contributed by atoms with E-state index in [1.807, 2.05) is 6.92 Å². The van der Waals surface area contributed by atoms with Gasteiger partial charge >= 0.3 is 0 Å². The Hall–Kier alpha value is -0.120.